The molecular formula is C11H16N8O. The summed E-state index contributed by atoms with van der Waals surface area (Å²) in [6.45, 7) is 2.37. The summed E-state index contributed by atoms with van der Waals surface area (Å²) in [7, 11) is 1.78. The lowest BCUT2D eigenvalue weighted by molar-refractivity contribution is 0.411. The van der Waals surface area contributed by atoms with Crippen LogP contribution in [0.25, 0.3) is 0 Å². The second-order valence-electron chi connectivity index (χ2n) is 4.43. The Morgan fingerprint density at radius 2 is 2.00 bits per heavy atom. The predicted molar refractivity (Wildman–Crippen MR) is 72.4 cm³/mol. The zero-order chi connectivity index (χ0) is 13.8. The van der Waals surface area contributed by atoms with E-state index in [0.717, 1.165) is 13.1 Å². The van der Waals surface area contributed by atoms with Crippen molar-refractivity contribution in [2.45, 2.75) is 19.4 Å². The first-order valence-corrected chi connectivity index (χ1v) is 6.53. The van der Waals surface area contributed by atoms with E-state index in [1.165, 1.54) is 19.2 Å². The van der Waals surface area contributed by atoms with Crippen LogP contribution in [0.5, 0.6) is 0 Å². The Morgan fingerprint density at radius 3 is 2.70 bits per heavy atom. The minimum atomic E-state index is 0.406. The van der Waals surface area contributed by atoms with Gasteiger partial charge in [0.15, 0.2) is 5.82 Å². The van der Waals surface area contributed by atoms with Gasteiger partial charge >= 0.3 is 0 Å². The molecule has 0 bridgehead atoms. The standard InChI is InChI=1S/C11H16N8O/c1-12-9-15-10(13-6-8-14-7-20-18-8)17-11(16-9)19-4-2-3-5-19/h7H,2-6H2,1H3,(H2,12,13,15,16,17). The van der Waals surface area contributed by atoms with Crippen LogP contribution < -0.4 is 15.5 Å². The number of nitrogens with zero attached hydrogens (tertiary/aromatic N) is 6. The van der Waals surface area contributed by atoms with Gasteiger partial charge in [-0.15, -0.1) is 0 Å². The van der Waals surface area contributed by atoms with E-state index in [4.69, 9.17) is 0 Å². The van der Waals surface area contributed by atoms with Crippen LogP contribution in [0.3, 0.4) is 0 Å². The third kappa shape index (κ3) is 2.76. The van der Waals surface area contributed by atoms with E-state index in [2.05, 4.69) is 45.1 Å². The summed E-state index contributed by atoms with van der Waals surface area (Å²) in [5.74, 6) is 2.28. The normalized spacial score (nSPS) is 14.6. The van der Waals surface area contributed by atoms with Crippen LogP contribution >= 0.6 is 0 Å². The van der Waals surface area contributed by atoms with Crippen molar-refractivity contribution in [3.05, 3.63) is 12.2 Å². The zero-order valence-electron chi connectivity index (χ0n) is 11.2. The molecule has 0 saturated carbocycles. The van der Waals surface area contributed by atoms with Gasteiger partial charge in [-0.05, 0) is 12.8 Å². The lowest BCUT2D eigenvalue weighted by Crippen LogP contribution is -2.22. The monoisotopic (exact) mass is 276 g/mol. The summed E-state index contributed by atoms with van der Waals surface area (Å²) >= 11 is 0. The third-order valence-corrected chi connectivity index (χ3v) is 3.05. The molecule has 0 spiro atoms. The summed E-state index contributed by atoms with van der Waals surface area (Å²) < 4.78 is 4.68. The number of rotatable bonds is 5. The molecule has 0 atom stereocenters. The minimum absolute atomic E-state index is 0.406. The van der Waals surface area contributed by atoms with Crippen molar-refractivity contribution < 1.29 is 4.52 Å². The van der Waals surface area contributed by atoms with Gasteiger partial charge in [-0.3, -0.25) is 0 Å². The van der Waals surface area contributed by atoms with Crippen molar-refractivity contribution in [2.24, 2.45) is 0 Å². The topological polar surface area (TPSA) is 105 Å². The summed E-state index contributed by atoms with van der Waals surface area (Å²) in [4.78, 5) is 19.2. The molecule has 1 aliphatic rings. The Bertz CT molecular complexity index is 552. The maximum atomic E-state index is 4.68. The summed E-state index contributed by atoms with van der Waals surface area (Å²) in [6.07, 6.45) is 3.64. The molecule has 1 saturated heterocycles. The van der Waals surface area contributed by atoms with Crippen molar-refractivity contribution in [1.29, 1.82) is 0 Å². The van der Waals surface area contributed by atoms with Gasteiger partial charge in [0.1, 0.15) is 0 Å². The fourth-order valence-electron chi connectivity index (χ4n) is 2.04. The van der Waals surface area contributed by atoms with Gasteiger partial charge in [-0.2, -0.15) is 19.9 Å². The van der Waals surface area contributed by atoms with E-state index in [1.807, 2.05) is 0 Å². The van der Waals surface area contributed by atoms with Gasteiger partial charge in [-0.25, -0.2) is 0 Å². The zero-order valence-corrected chi connectivity index (χ0v) is 11.2. The highest BCUT2D eigenvalue weighted by molar-refractivity contribution is 5.44. The van der Waals surface area contributed by atoms with Gasteiger partial charge in [0.2, 0.25) is 24.2 Å². The second-order valence-corrected chi connectivity index (χ2v) is 4.43. The Balaban J connectivity index is 1.76. The molecule has 2 aromatic rings. The highest BCUT2D eigenvalue weighted by atomic mass is 16.5. The summed E-state index contributed by atoms with van der Waals surface area (Å²) in [5.41, 5.74) is 0. The van der Waals surface area contributed by atoms with Crippen LogP contribution in [0.1, 0.15) is 18.7 Å². The van der Waals surface area contributed by atoms with Gasteiger partial charge in [0, 0.05) is 20.1 Å². The maximum absolute atomic E-state index is 4.68. The molecule has 9 heteroatoms. The van der Waals surface area contributed by atoms with Crippen molar-refractivity contribution >= 4 is 17.8 Å². The number of aromatic nitrogens is 5. The molecule has 20 heavy (non-hydrogen) atoms. The van der Waals surface area contributed by atoms with Crippen LogP contribution in [-0.2, 0) is 6.54 Å². The maximum Gasteiger partial charge on any atom is 0.231 e. The average Bonchev–Trinajstić information content (AvgIpc) is 3.17. The molecular weight excluding hydrogens is 260 g/mol. The van der Waals surface area contributed by atoms with Gasteiger partial charge in [0.05, 0.1) is 6.54 Å². The minimum Gasteiger partial charge on any atom is -0.357 e. The highest BCUT2D eigenvalue weighted by Gasteiger charge is 2.17. The molecule has 0 amide bonds. The molecule has 0 aliphatic carbocycles. The fraction of sp³-hybridized carbons (Fsp3) is 0.545. The SMILES string of the molecule is CNc1nc(NCc2ncon2)nc(N2CCCC2)n1. The Labute approximate surface area is 115 Å². The van der Waals surface area contributed by atoms with Crippen LogP contribution in [-0.4, -0.2) is 45.2 Å². The largest absolute Gasteiger partial charge is 0.357 e. The van der Waals surface area contributed by atoms with Crippen molar-refractivity contribution in [3.8, 4) is 0 Å². The lowest BCUT2D eigenvalue weighted by Gasteiger charge is -2.16. The van der Waals surface area contributed by atoms with Crippen molar-refractivity contribution in [3.63, 3.8) is 0 Å². The van der Waals surface area contributed by atoms with Crippen LogP contribution in [0.2, 0.25) is 0 Å². The van der Waals surface area contributed by atoms with Gasteiger partial charge in [-0.1, -0.05) is 5.16 Å². The molecule has 3 rings (SSSR count). The predicted octanol–water partition coefficient (Wildman–Crippen LogP) is 0.509. The number of hydrogen-bond donors (Lipinski definition) is 2. The first-order chi connectivity index (χ1) is 9.85. The molecule has 3 heterocycles. The van der Waals surface area contributed by atoms with Crippen molar-refractivity contribution in [1.82, 2.24) is 25.1 Å². The second kappa shape index (κ2) is 5.68. The summed E-state index contributed by atoms with van der Waals surface area (Å²) in [6, 6.07) is 0. The first-order valence-electron chi connectivity index (χ1n) is 6.53. The Hall–Kier alpha value is -2.45. The van der Waals surface area contributed by atoms with E-state index < -0.39 is 0 Å². The molecule has 2 N–H and O–H groups in total. The van der Waals surface area contributed by atoms with Crippen molar-refractivity contribution in [2.75, 3.05) is 35.7 Å². The van der Waals surface area contributed by atoms with E-state index >= 15 is 0 Å². The number of nitrogens with one attached hydrogen (secondary N) is 2. The highest BCUT2D eigenvalue weighted by Crippen LogP contribution is 2.18. The van der Waals surface area contributed by atoms with Crippen LogP contribution in [0, 0.1) is 0 Å². The molecule has 1 fully saturated rings. The van der Waals surface area contributed by atoms with Gasteiger partial charge in [0.25, 0.3) is 0 Å². The molecule has 2 aromatic heterocycles. The summed E-state index contributed by atoms with van der Waals surface area (Å²) in [5, 5.41) is 9.75. The molecule has 0 radical (unpaired) electrons. The average molecular weight is 276 g/mol. The van der Waals surface area contributed by atoms with E-state index in [0.29, 0.717) is 30.2 Å². The van der Waals surface area contributed by atoms with Gasteiger partial charge < -0.3 is 20.1 Å². The number of anilines is 3. The third-order valence-electron chi connectivity index (χ3n) is 3.05. The van der Waals surface area contributed by atoms with Crippen LogP contribution in [0.4, 0.5) is 17.8 Å². The Kier molecular flexibility index (Phi) is 3.57. The fourth-order valence-corrected chi connectivity index (χ4v) is 2.04. The lowest BCUT2D eigenvalue weighted by atomic mass is 10.4. The molecule has 9 nitrogen and oxygen atoms in total. The van der Waals surface area contributed by atoms with E-state index in [9.17, 15) is 0 Å². The quantitative estimate of drug-likeness (QED) is 0.807. The molecule has 0 unspecified atom stereocenters. The molecule has 1 aliphatic heterocycles. The van der Waals surface area contributed by atoms with E-state index in [-0.39, 0.29) is 0 Å². The first kappa shape index (κ1) is 12.6. The smallest absolute Gasteiger partial charge is 0.231 e. The number of hydrogen-bond acceptors (Lipinski definition) is 9. The molecule has 0 aromatic carbocycles. The molecule has 106 valence electrons. The van der Waals surface area contributed by atoms with E-state index in [1.54, 1.807) is 7.05 Å². The Morgan fingerprint density at radius 1 is 1.20 bits per heavy atom. The van der Waals surface area contributed by atoms with Crippen LogP contribution in [0.15, 0.2) is 10.9 Å².